The van der Waals surface area contributed by atoms with Gasteiger partial charge in [-0.25, -0.2) is 14.8 Å². The number of likely N-dealkylation sites (tertiary alicyclic amines) is 1. The van der Waals surface area contributed by atoms with Gasteiger partial charge < -0.3 is 20.8 Å². The maximum absolute atomic E-state index is 13.1. The number of nitrogens with zero attached hydrogens (tertiary/aromatic N) is 5. The van der Waals surface area contributed by atoms with Crippen LogP contribution in [0.1, 0.15) is 45.8 Å². The fourth-order valence-electron chi connectivity index (χ4n) is 4.19. The molecule has 0 bridgehead atoms. The zero-order valence-corrected chi connectivity index (χ0v) is 22.5. The number of primary amides is 1. The van der Waals surface area contributed by atoms with Crippen LogP contribution in [0.15, 0.2) is 30.5 Å². The zero-order valence-electron chi connectivity index (χ0n) is 21.6. The summed E-state index contributed by atoms with van der Waals surface area (Å²) in [6.07, 6.45) is 4.05. The molecule has 200 valence electrons. The van der Waals surface area contributed by atoms with Gasteiger partial charge in [0.15, 0.2) is 11.5 Å². The Hall–Kier alpha value is -4.10. The number of hydrogen-bond donors (Lipinski definition) is 3. The minimum Gasteiger partial charge on any atom is -0.377 e. The number of piperidine rings is 1. The van der Waals surface area contributed by atoms with E-state index in [4.69, 9.17) is 10.6 Å². The van der Waals surface area contributed by atoms with Gasteiger partial charge in [-0.3, -0.25) is 14.5 Å². The van der Waals surface area contributed by atoms with Crippen LogP contribution in [0.5, 0.6) is 0 Å². The molecule has 2 aromatic heterocycles. The van der Waals surface area contributed by atoms with Crippen molar-refractivity contribution in [2.24, 2.45) is 5.73 Å². The highest BCUT2D eigenvalue weighted by Gasteiger charge is 2.28. The standard InChI is InChI=1S/C25H30N8O4S/c1-14-11-20(38-31-14)29-23-21(22(26)34)27-13-17(28-23)15-8-9-18(32(2)3)16(12-15)24(35)30-37-25(36)19-7-5-6-10-33(19)4/h8-9,11-13,19H,5-7,10H2,1-4H3,(H2,26,34)(H,28,29)(H,30,35). The fraction of sp³-hybridized carbons (Fsp3) is 0.360. The molecule has 4 rings (SSSR count). The molecule has 13 heteroatoms. The van der Waals surface area contributed by atoms with Crippen molar-refractivity contribution in [2.75, 3.05) is 37.9 Å². The van der Waals surface area contributed by atoms with Crippen molar-refractivity contribution in [3.8, 4) is 11.3 Å². The molecule has 1 saturated heterocycles. The van der Waals surface area contributed by atoms with Crippen LogP contribution in [0.25, 0.3) is 11.3 Å². The summed E-state index contributed by atoms with van der Waals surface area (Å²) in [5.41, 5.74) is 10.4. The molecule has 3 aromatic rings. The molecular formula is C25H30N8O4S. The predicted octanol–water partition coefficient (Wildman–Crippen LogP) is 2.49. The van der Waals surface area contributed by atoms with E-state index in [0.717, 1.165) is 25.1 Å². The summed E-state index contributed by atoms with van der Waals surface area (Å²) in [7, 11) is 5.47. The van der Waals surface area contributed by atoms with Crippen molar-refractivity contribution in [2.45, 2.75) is 32.2 Å². The lowest BCUT2D eigenvalue weighted by atomic mass is 10.0. The molecule has 1 fully saturated rings. The van der Waals surface area contributed by atoms with Crippen LogP contribution in [-0.2, 0) is 9.63 Å². The van der Waals surface area contributed by atoms with Crippen molar-refractivity contribution < 1.29 is 19.2 Å². The molecule has 3 heterocycles. The molecule has 0 radical (unpaired) electrons. The number of hydrogen-bond acceptors (Lipinski definition) is 11. The van der Waals surface area contributed by atoms with Gasteiger partial charge in [-0.1, -0.05) is 12.5 Å². The third-order valence-electron chi connectivity index (χ3n) is 6.18. The number of aromatic nitrogens is 3. The molecule has 4 N–H and O–H groups in total. The molecule has 2 amide bonds. The summed E-state index contributed by atoms with van der Waals surface area (Å²) in [6.45, 7) is 2.65. The minimum absolute atomic E-state index is 0.0257. The quantitative estimate of drug-likeness (QED) is 0.382. The van der Waals surface area contributed by atoms with E-state index in [2.05, 4.69) is 25.1 Å². The second-order valence-electron chi connectivity index (χ2n) is 9.25. The lowest BCUT2D eigenvalue weighted by molar-refractivity contribution is -0.156. The van der Waals surface area contributed by atoms with Crippen LogP contribution >= 0.6 is 11.5 Å². The average Bonchev–Trinajstić information content (AvgIpc) is 3.30. The van der Waals surface area contributed by atoms with E-state index in [1.165, 1.54) is 17.7 Å². The van der Waals surface area contributed by atoms with Crippen molar-refractivity contribution in [1.82, 2.24) is 24.7 Å². The molecule has 1 aliphatic heterocycles. The van der Waals surface area contributed by atoms with E-state index in [1.54, 1.807) is 37.2 Å². The third kappa shape index (κ3) is 6.06. The molecule has 1 unspecified atom stereocenters. The largest absolute Gasteiger partial charge is 0.377 e. The number of rotatable bonds is 7. The van der Waals surface area contributed by atoms with E-state index in [0.29, 0.717) is 28.4 Å². The number of benzene rings is 1. The van der Waals surface area contributed by atoms with E-state index < -0.39 is 23.8 Å². The van der Waals surface area contributed by atoms with Gasteiger partial charge in [0.2, 0.25) is 0 Å². The maximum Gasteiger partial charge on any atom is 0.349 e. The van der Waals surface area contributed by atoms with E-state index in [-0.39, 0.29) is 17.1 Å². The molecule has 1 aliphatic rings. The van der Waals surface area contributed by atoms with Gasteiger partial charge in [-0.05, 0) is 63.1 Å². The normalized spacial score (nSPS) is 15.5. The number of anilines is 3. The summed E-state index contributed by atoms with van der Waals surface area (Å²) < 4.78 is 4.22. The Labute approximate surface area is 224 Å². The Kier molecular flexibility index (Phi) is 8.17. The van der Waals surface area contributed by atoms with Gasteiger partial charge in [0.25, 0.3) is 11.8 Å². The summed E-state index contributed by atoms with van der Waals surface area (Å²) in [5.74, 6) is -1.64. The Bertz CT molecular complexity index is 1360. The maximum atomic E-state index is 13.1. The molecule has 12 nitrogen and oxygen atoms in total. The van der Waals surface area contributed by atoms with Gasteiger partial charge in [-0.15, -0.1) is 0 Å². The van der Waals surface area contributed by atoms with Gasteiger partial charge >= 0.3 is 5.97 Å². The molecule has 0 aliphatic carbocycles. The molecule has 0 spiro atoms. The van der Waals surface area contributed by atoms with Crippen LogP contribution in [0, 0.1) is 6.92 Å². The number of carbonyl (C=O) groups is 3. The Morgan fingerprint density at radius 2 is 2.00 bits per heavy atom. The zero-order chi connectivity index (χ0) is 27.4. The fourth-order valence-corrected chi connectivity index (χ4v) is 4.86. The van der Waals surface area contributed by atoms with Crippen molar-refractivity contribution in [3.05, 3.63) is 47.4 Å². The van der Waals surface area contributed by atoms with Crippen molar-refractivity contribution >= 4 is 45.8 Å². The smallest absolute Gasteiger partial charge is 0.349 e. The van der Waals surface area contributed by atoms with Gasteiger partial charge in [0.1, 0.15) is 11.0 Å². The summed E-state index contributed by atoms with van der Waals surface area (Å²) >= 11 is 1.21. The molecule has 38 heavy (non-hydrogen) atoms. The summed E-state index contributed by atoms with van der Waals surface area (Å²) in [4.78, 5) is 55.3. The van der Waals surface area contributed by atoms with E-state index in [1.807, 2.05) is 24.9 Å². The minimum atomic E-state index is -0.735. The number of amides is 2. The van der Waals surface area contributed by atoms with Crippen LogP contribution < -0.4 is 21.4 Å². The number of nitrogens with one attached hydrogen (secondary N) is 2. The first-order valence-corrected chi connectivity index (χ1v) is 12.8. The monoisotopic (exact) mass is 538 g/mol. The highest BCUT2D eigenvalue weighted by molar-refractivity contribution is 7.10. The van der Waals surface area contributed by atoms with Gasteiger partial charge in [0, 0.05) is 25.3 Å². The first-order chi connectivity index (χ1) is 18.1. The SMILES string of the molecule is Cc1cc(Nc2nc(-c3ccc(N(C)C)c(C(=O)NOC(=O)C4CCCCN4C)c3)cnc2C(N)=O)sn1. The molecule has 1 atom stereocenters. The lowest BCUT2D eigenvalue weighted by Gasteiger charge is -2.30. The number of carbonyl (C=O) groups excluding carboxylic acids is 3. The Morgan fingerprint density at radius 3 is 2.66 bits per heavy atom. The van der Waals surface area contributed by atoms with Crippen LogP contribution in [0.2, 0.25) is 0 Å². The Balaban J connectivity index is 1.61. The number of nitrogens with two attached hydrogens (primary N) is 1. The highest BCUT2D eigenvalue weighted by atomic mass is 32.1. The second-order valence-corrected chi connectivity index (χ2v) is 10.1. The first-order valence-electron chi connectivity index (χ1n) is 12.0. The number of hydroxylamine groups is 1. The molecular weight excluding hydrogens is 508 g/mol. The lowest BCUT2D eigenvalue weighted by Crippen LogP contribution is -2.45. The predicted molar refractivity (Wildman–Crippen MR) is 144 cm³/mol. The van der Waals surface area contributed by atoms with Crippen LogP contribution in [-0.4, -0.2) is 70.8 Å². The van der Waals surface area contributed by atoms with Crippen molar-refractivity contribution in [3.63, 3.8) is 0 Å². The van der Waals surface area contributed by atoms with Crippen LogP contribution in [0.4, 0.5) is 16.5 Å². The first kappa shape index (κ1) is 26.9. The number of aryl methyl sites for hydroxylation is 1. The Morgan fingerprint density at radius 1 is 1.21 bits per heavy atom. The topological polar surface area (TPSA) is 156 Å². The van der Waals surface area contributed by atoms with E-state index >= 15 is 0 Å². The second kappa shape index (κ2) is 11.5. The average molecular weight is 539 g/mol. The third-order valence-corrected chi connectivity index (χ3v) is 6.98. The highest BCUT2D eigenvalue weighted by Crippen LogP contribution is 2.29. The van der Waals surface area contributed by atoms with Gasteiger partial charge in [-0.2, -0.15) is 9.85 Å². The van der Waals surface area contributed by atoms with Crippen LogP contribution in [0.3, 0.4) is 0 Å². The molecule has 0 saturated carbocycles. The van der Waals surface area contributed by atoms with Gasteiger partial charge in [0.05, 0.1) is 23.1 Å². The molecule has 1 aromatic carbocycles. The summed E-state index contributed by atoms with van der Waals surface area (Å²) in [5, 5.41) is 3.72. The number of likely N-dealkylation sites (N-methyl/N-ethyl adjacent to an activating group) is 1. The van der Waals surface area contributed by atoms with Crippen molar-refractivity contribution in [1.29, 1.82) is 0 Å². The van der Waals surface area contributed by atoms with E-state index in [9.17, 15) is 14.4 Å². The summed E-state index contributed by atoms with van der Waals surface area (Å²) in [6, 6.07) is 6.58.